The Morgan fingerprint density at radius 1 is 1.31 bits per heavy atom. The highest BCUT2D eigenvalue weighted by molar-refractivity contribution is 7.99. The number of hydrogen-bond donors (Lipinski definition) is 1. The first-order valence-corrected chi connectivity index (χ1v) is 7.15. The molecule has 0 aromatic heterocycles. The predicted octanol–water partition coefficient (Wildman–Crippen LogP) is 2.65. The summed E-state index contributed by atoms with van der Waals surface area (Å²) in [6, 6.07) is 8.76. The van der Waals surface area contributed by atoms with Gasteiger partial charge in [0.15, 0.2) is 0 Å². The number of rotatable bonds is 3. The first kappa shape index (κ1) is 11.8. The lowest BCUT2D eigenvalue weighted by Gasteiger charge is -2.31. The molecule has 1 aliphatic heterocycles. The van der Waals surface area contributed by atoms with Gasteiger partial charge in [-0.25, -0.2) is 0 Å². The Labute approximate surface area is 102 Å². The summed E-state index contributed by atoms with van der Waals surface area (Å²) in [6.45, 7) is 4.45. The molecule has 1 aromatic carbocycles. The van der Waals surface area contributed by atoms with Gasteiger partial charge in [0.05, 0.1) is 0 Å². The smallest absolute Gasteiger partial charge is 0.0415 e. The van der Waals surface area contributed by atoms with Gasteiger partial charge in [0.25, 0.3) is 0 Å². The summed E-state index contributed by atoms with van der Waals surface area (Å²) in [4.78, 5) is 2.47. The second-order valence-electron chi connectivity index (χ2n) is 4.17. The van der Waals surface area contributed by atoms with E-state index in [9.17, 15) is 0 Å². The van der Waals surface area contributed by atoms with Gasteiger partial charge in [0, 0.05) is 36.3 Å². The first-order chi connectivity index (χ1) is 7.83. The van der Waals surface area contributed by atoms with E-state index >= 15 is 0 Å². The fourth-order valence-corrected chi connectivity index (χ4v) is 3.02. The minimum Gasteiger partial charge on any atom is -0.370 e. The molecule has 1 saturated heterocycles. The summed E-state index contributed by atoms with van der Waals surface area (Å²) in [6.07, 6.45) is 1.000. The topological polar surface area (TPSA) is 29.3 Å². The minimum atomic E-state index is 0.172. The van der Waals surface area contributed by atoms with Crippen LogP contribution in [0.15, 0.2) is 24.3 Å². The summed E-state index contributed by atoms with van der Waals surface area (Å²) < 4.78 is 0. The van der Waals surface area contributed by atoms with Crippen molar-refractivity contribution in [3.8, 4) is 0 Å². The van der Waals surface area contributed by atoms with E-state index in [1.807, 2.05) is 11.8 Å². The molecule has 88 valence electrons. The lowest BCUT2D eigenvalue weighted by Crippen LogP contribution is -2.33. The number of anilines is 1. The zero-order valence-electron chi connectivity index (χ0n) is 9.86. The van der Waals surface area contributed by atoms with E-state index in [0.29, 0.717) is 0 Å². The van der Waals surface area contributed by atoms with Crippen molar-refractivity contribution in [1.29, 1.82) is 0 Å². The monoisotopic (exact) mass is 236 g/mol. The van der Waals surface area contributed by atoms with Crippen molar-refractivity contribution in [1.82, 2.24) is 0 Å². The molecule has 0 spiro atoms. The van der Waals surface area contributed by atoms with Gasteiger partial charge in [-0.2, -0.15) is 11.8 Å². The Morgan fingerprint density at radius 3 is 2.69 bits per heavy atom. The van der Waals surface area contributed by atoms with Crippen LogP contribution in [-0.4, -0.2) is 24.6 Å². The molecule has 0 aliphatic carbocycles. The van der Waals surface area contributed by atoms with Crippen molar-refractivity contribution in [3.63, 3.8) is 0 Å². The Balaban J connectivity index is 2.24. The Hall–Kier alpha value is -0.670. The number of nitrogens with zero attached hydrogens (tertiary/aromatic N) is 1. The maximum Gasteiger partial charge on any atom is 0.0415 e. The maximum atomic E-state index is 6.17. The standard InChI is InChI=1S/C13H20N2S/c1-2-12(14)11-5-3-4-6-13(11)15-7-9-16-10-8-15/h3-6,12H,2,7-10,14H2,1H3/t12-/m0/s1. The maximum absolute atomic E-state index is 6.17. The molecule has 1 atom stereocenters. The minimum absolute atomic E-state index is 0.172. The van der Waals surface area contributed by atoms with E-state index in [0.717, 1.165) is 19.5 Å². The molecule has 0 bridgehead atoms. The van der Waals surface area contributed by atoms with E-state index in [1.54, 1.807) is 0 Å². The molecule has 1 fully saturated rings. The summed E-state index contributed by atoms with van der Waals surface area (Å²) in [5, 5.41) is 0. The lowest BCUT2D eigenvalue weighted by atomic mass is 10.0. The molecule has 0 amide bonds. The van der Waals surface area contributed by atoms with Crippen molar-refractivity contribution in [2.24, 2.45) is 5.73 Å². The van der Waals surface area contributed by atoms with Crippen LogP contribution >= 0.6 is 11.8 Å². The molecule has 2 N–H and O–H groups in total. The SMILES string of the molecule is CC[C@H](N)c1ccccc1N1CCSCC1. The second kappa shape index (κ2) is 5.60. The zero-order chi connectivity index (χ0) is 11.4. The Kier molecular flexibility index (Phi) is 4.13. The van der Waals surface area contributed by atoms with Gasteiger partial charge < -0.3 is 10.6 Å². The van der Waals surface area contributed by atoms with Crippen LogP contribution in [0.1, 0.15) is 24.9 Å². The summed E-state index contributed by atoms with van der Waals surface area (Å²) in [5.74, 6) is 2.46. The fourth-order valence-electron chi connectivity index (χ4n) is 2.11. The van der Waals surface area contributed by atoms with Crippen molar-refractivity contribution in [2.45, 2.75) is 19.4 Å². The van der Waals surface area contributed by atoms with Gasteiger partial charge in [-0.1, -0.05) is 25.1 Å². The molecule has 2 nitrogen and oxygen atoms in total. The van der Waals surface area contributed by atoms with Gasteiger partial charge >= 0.3 is 0 Å². The highest BCUT2D eigenvalue weighted by atomic mass is 32.2. The average Bonchev–Trinajstić information content (AvgIpc) is 2.39. The molecule has 1 aliphatic rings. The molecule has 2 rings (SSSR count). The van der Waals surface area contributed by atoms with Gasteiger partial charge in [-0.3, -0.25) is 0 Å². The number of nitrogens with two attached hydrogens (primary N) is 1. The largest absolute Gasteiger partial charge is 0.370 e. The molecule has 0 radical (unpaired) electrons. The highest BCUT2D eigenvalue weighted by Crippen LogP contribution is 2.28. The summed E-state index contributed by atoms with van der Waals surface area (Å²) in [7, 11) is 0. The summed E-state index contributed by atoms with van der Waals surface area (Å²) in [5.41, 5.74) is 8.82. The number of para-hydroxylation sites is 1. The van der Waals surface area contributed by atoms with Crippen LogP contribution in [0.3, 0.4) is 0 Å². The van der Waals surface area contributed by atoms with Gasteiger partial charge in [-0.15, -0.1) is 0 Å². The van der Waals surface area contributed by atoms with Crippen LogP contribution in [-0.2, 0) is 0 Å². The van der Waals surface area contributed by atoms with Crippen LogP contribution in [0.2, 0.25) is 0 Å². The van der Waals surface area contributed by atoms with Crippen molar-refractivity contribution in [3.05, 3.63) is 29.8 Å². The van der Waals surface area contributed by atoms with Crippen LogP contribution in [0.5, 0.6) is 0 Å². The van der Waals surface area contributed by atoms with Crippen molar-refractivity contribution < 1.29 is 0 Å². The molecule has 1 heterocycles. The van der Waals surface area contributed by atoms with Crippen LogP contribution in [0, 0.1) is 0 Å². The van der Waals surface area contributed by atoms with Gasteiger partial charge in [0.1, 0.15) is 0 Å². The van der Waals surface area contributed by atoms with Gasteiger partial charge in [0.2, 0.25) is 0 Å². The molecule has 1 aromatic rings. The molecule has 0 unspecified atom stereocenters. The van der Waals surface area contributed by atoms with Crippen LogP contribution < -0.4 is 10.6 Å². The third-order valence-corrected chi connectivity index (χ3v) is 4.07. The van der Waals surface area contributed by atoms with Gasteiger partial charge in [-0.05, 0) is 18.1 Å². The zero-order valence-corrected chi connectivity index (χ0v) is 10.7. The van der Waals surface area contributed by atoms with Crippen molar-refractivity contribution in [2.75, 3.05) is 29.5 Å². The van der Waals surface area contributed by atoms with E-state index in [2.05, 4.69) is 36.1 Å². The van der Waals surface area contributed by atoms with E-state index in [-0.39, 0.29) is 6.04 Å². The van der Waals surface area contributed by atoms with E-state index < -0.39 is 0 Å². The molecular formula is C13H20N2S. The molecule has 0 saturated carbocycles. The van der Waals surface area contributed by atoms with E-state index in [4.69, 9.17) is 5.73 Å². The predicted molar refractivity (Wildman–Crippen MR) is 73.2 cm³/mol. The second-order valence-corrected chi connectivity index (χ2v) is 5.40. The first-order valence-electron chi connectivity index (χ1n) is 6.00. The fraction of sp³-hybridized carbons (Fsp3) is 0.538. The molecule has 16 heavy (non-hydrogen) atoms. The van der Waals surface area contributed by atoms with Crippen LogP contribution in [0.4, 0.5) is 5.69 Å². The normalized spacial score (nSPS) is 18.5. The summed E-state index contributed by atoms with van der Waals surface area (Å²) >= 11 is 2.04. The Morgan fingerprint density at radius 2 is 2.00 bits per heavy atom. The highest BCUT2D eigenvalue weighted by Gasteiger charge is 2.16. The van der Waals surface area contributed by atoms with Crippen LogP contribution in [0.25, 0.3) is 0 Å². The number of thioether (sulfide) groups is 1. The number of benzene rings is 1. The molecular weight excluding hydrogens is 216 g/mol. The van der Waals surface area contributed by atoms with Crippen molar-refractivity contribution >= 4 is 17.4 Å². The third-order valence-electron chi connectivity index (χ3n) is 3.13. The number of hydrogen-bond acceptors (Lipinski definition) is 3. The van der Waals surface area contributed by atoms with E-state index in [1.165, 1.54) is 22.8 Å². The Bertz CT molecular complexity index is 334. The average molecular weight is 236 g/mol. The third kappa shape index (κ3) is 2.53. The molecule has 3 heteroatoms. The lowest BCUT2D eigenvalue weighted by molar-refractivity contribution is 0.692. The quantitative estimate of drug-likeness (QED) is 0.875.